The molecule has 0 atom stereocenters. The molecular formula is C10H17N3O. The van der Waals surface area contributed by atoms with Crippen molar-refractivity contribution in [1.82, 2.24) is 9.80 Å². The first-order valence-corrected chi connectivity index (χ1v) is 4.99. The first kappa shape index (κ1) is 9.55. The number of hydrogen-bond donors (Lipinski definition) is 1. The minimum Gasteiger partial charge on any atom is -0.445 e. The summed E-state index contributed by atoms with van der Waals surface area (Å²) >= 11 is 0. The highest BCUT2D eigenvalue weighted by Gasteiger charge is 2.14. The highest BCUT2D eigenvalue weighted by molar-refractivity contribution is 5.25. The number of nitrogens with two attached hydrogens (primary N) is 1. The first-order chi connectivity index (χ1) is 6.74. The molecule has 0 aliphatic carbocycles. The lowest BCUT2D eigenvalue weighted by Gasteiger charge is -2.31. The number of hydrogen-bond acceptors (Lipinski definition) is 4. The molecular weight excluding hydrogens is 178 g/mol. The van der Waals surface area contributed by atoms with E-state index in [-0.39, 0.29) is 0 Å². The maximum atomic E-state index is 5.51. The van der Waals surface area contributed by atoms with Gasteiger partial charge >= 0.3 is 0 Å². The largest absolute Gasteiger partial charge is 0.445 e. The molecule has 0 radical (unpaired) electrons. The van der Waals surface area contributed by atoms with Gasteiger partial charge in [0.15, 0.2) is 5.88 Å². The standard InChI is InChI=1S/C10H17N3O/c1-12-4-6-13(7-5-12)8-9-2-3-10(11)14-9/h2-3H,4-8,11H2,1H3. The van der Waals surface area contributed by atoms with Crippen LogP contribution >= 0.6 is 0 Å². The Morgan fingerprint density at radius 1 is 1.29 bits per heavy atom. The second kappa shape index (κ2) is 4.02. The molecule has 2 rings (SSSR count). The van der Waals surface area contributed by atoms with Gasteiger partial charge in [0, 0.05) is 32.2 Å². The maximum absolute atomic E-state index is 5.51. The van der Waals surface area contributed by atoms with Crippen molar-refractivity contribution in [2.75, 3.05) is 39.0 Å². The Morgan fingerprint density at radius 2 is 2.00 bits per heavy atom. The summed E-state index contributed by atoms with van der Waals surface area (Å²) in [5, 5.41) is 0. The van der Waals surface area contributed by atoms with Crippen molar-refractivity contribution in [2.24, 2.45) is 0 Å². The van der Waals surface area contributed by atoms with Crippen molar-refractivity contribution in [2.45, 2.75) is 6.54 Å². The fraction of sp³-hybridized carbons (Fsp3) is 0.600. The summed E-state index contributed by atoms with van der Waals surface area (Å²) in [6.07, 6.45) is 0. The molecule has 1 aliphatic rings. The van der Waals surface area contributed by atoms with Crippen LogP contribution in [-0.4, -0.2) is 43.0 Å². The summed E-state index contributed by atoms with van der Waals surface area (Å²) in [5.74, 6) is 1.47. The molecule has 0 unspecified atom stereocenters. The third-order valence-corrected chi connectivity index (χ3v) is 2.66. The predicted octanol–water partition coefficient (Wildman–Crippen LogP) is 0.609. The van der Waals surface area contributed by atoms with Crippen LogP contribution in [0.5, 0.6) is 0 Å². The van der Waals surface area contributed by atoms with Gasteiger partial charge in [0.2, 0.25) is 0 Å². The molecule has 2 N–H and O–H groups in total. The van der Waals surface area contributed by atoms with Gasteiger partial charge in [0.05, 0.1) is 6.54 Å². The molecule has 4 heteroatoms. The number of nitrogens with zero attached hydrogens (tertiary/aromatic N) is 2. The fourth-order valence-corrected chi connectivity index (χ4v) is 1.71. The topological polar surface area (TPSA) is 45.6 Å². The van der Waals surface area contributed by atoms with Crippen LogP contribution in [0.3, 0.4) is 0 Å². The van der Waals surface area contributed by atoms with Gasteiger partial charge in [-0.1, -0.05) is 0 Å². The lowest BCUT2D eigenvalue weighted by atomic mass is 10.3. The molecule has 2 heterocycles. The van der Waals surface area contributed by atoms with Gasteiger partial charge in [-0.3, -0.25) is 4.90 Å². The van der Waals surface area contributed by atoms with Crippen molar-refractivity contribution < 1.29 is 4.42 Å². The number of rotatable bonds is 2. The number of anilines is 1. The van der Waals surface area contributed by atoms with E-state index in [0.29, 0.717) is 5.88 Å². The smallest absolute Gasteiger partial charge is 0.190 e. The summed E-state index contributed by atoms with van der Waals surface area (Å²) in [4.78, 5) is 4.73. The SMILES string of the molecule is CN1CCN(Cc2ccc(N)o2)CC1. The summed E-state index contributed by atoms with van der Waals surface area (Å²) in [7, 11) is 2.15. The Balaban J connectivity index is 1.86. The van der Waals surface area contributed by atoms with E-state index in [1.54, 1.807) is 0 Å². The lowest BCUT2D eigenvalue weighted by molar-refractivity contribution is 0.140. The van der Waals surface area contributed by atoms with Crippen LogP contribution in [0.4, 0.5) is 5.88 Å². The quantitative estimate of drug-likeness (QED) is 0.751. The van der Waals surface area contributed by atoms with E-state index < -0.39 is 0 Å². The molecule has 1 aliphatic heterocycles. The maximum Gasteiger partial charge on any atom is 0.190 e. The Kier molecular flexibility index (Phi) is 2.74. The second-order valence-corrected chi connectivity index (χ2v) is 3.88. The van der Waals surface area contributed by atoms with Crippen molar-refractivity contribution in [3.05, 3.63) is 17.9 Å². The third kappa shape index (κ3) is 2.27. The lowest BCUT2D eigenvalue weighted by Crippen LogP contribution is -2.43. The third-order valence-electron chi connectivity index (χ3n) is 2.66. The van der Waals surface area contributed by atoms with Crippen LogP contribution in [-0.2, 0) is 6.54 Å². The van der Waals surface area contributed by atoms with Crippen LogP contribution in [0.25, 0.3) is 0 Å². The Bertz CT molecular complexity index is 289. The molecule has 1 saturated heterocycles. The van der Waals surface area contributed by atoms with Crippen LogP contribution in [0.1, 0.15) is 5.76 Å². The zero-order chi connectivity index (χ0) is 9.97. The molecule has 1 fully saturated rings. The highest BCUT2D eigenvalue weighted by Crippen LogP contribution is 2.12. The van der Waals surface area contributed by atoms with Crippen LogP contribution in [0, 0.1) is 0 Å². The fourth-order valence-electron chi connectivity index (χ4n) is 1.71. The van der Waals surface area contributed by atoms with E-state index in [1.165, 1.54) is 0 Å². The Labute approximate surface area is 84.3 Å². The molecule has 14 heavy (non-hydrogen) atoms. The minimum atomic E-state index is 0.508. The highest BCUT2D eigenvalue weighted by atomic mass is 16.4. The van der Waals surface area contributed by atoms with E-state index in [0.717, 1.165) is 38.5 Å². The molecule has 0 aromatic carbocycles. The van der Waals surface area contributed by atoms with Crippen LogP contribution in [0.15, 0.2) is 16.5 Å². The number of furan rings is 1. The van der Waals surface area contributed by atoms with Crippen LogP contribution < -0.4 is 5.73 Å². The van der Waals surface area contributed by atoms with Gasteiger partial charge in [0.25, 0.3) is 0 Å². The van der Waals surface area contributed by atoms with E-state index >= 15 is 0 Å². The minimum absolute atomic E-state index is 0.508. The molecule has 0 amide bonds. The monoisotopic (exact) mass is 195 g/mol. The Morgan fingerprint density at radius 3 is 2.57 bits per heavy atom. The summed E-state index contributed by atoms with van der Waals surface area (Å²) < 4.78 is 5.34. The van der Waals surface area contributed by atoms with E-state index in [9.17, 15) is 0 Å². The van der Waals surface area contributed by atoms with Crippen LogP contribution in [0.2, 0.25) is 0 Å². The molecule has 0 bridgehead atoms. The van der Waals surface area contributed by atoms with Gasteiger partial charge in [-0.2, -0.15) is 0 Å². The van der Waals surface area contributed by atoms with Crippen molar-refractivity contribution in [3.8, 4) is 0 Å². The van der Waals surface area contributed by atoms with Gasteiger partial charge in [-0.05, 0) is 13.1 Å². The number of piperazine rings is 1. The van der Waals surface area contributed by atoms with Gasteiger partial charge < -0.3 is 15.1 Å². The molecule has 0 spiro atoms. The molecule has 0 saturated carbocycles. The average Bonchev–Trinajstić information content (AvgIpc) is 2.56. The molecule has 78 valence electrons. The van der Waals surface area contributed by atoms with Gasteiger partial charge in [-0.15, -0.1) is 0 Å². The normalized spacial score (nSPS) is 20.1. The van der Waals surface area contributed by atoms with Gasteiger partial charge in [0.1, 0.15) is 5.76 Å². The van der Waals surface area contributed by atoms with Crippen molar-refractivity contribution in [1.29, 1.82) is 0 Å². The van der Waals surface area contributed by atoms with Crippen molar-refractivity contribution >= 4 is 5.88 Å². The second-order valence-electron chi connectivity index (χ2n) is 3.88. The van der Waals surface area contributed by atoms with Crippen molar-refractivity contribution in [3.63, 3.8) is 0 Å². The summed E-state index contributed by atoms with van der Waals surface area (Å²) in [6.45, 7) is 5.37. The predicted molar refractivity (Wildman–Crippen MR) is 55.9 cm³/mol. The average molecular weight is 195 g/mol. The first-order valence-electron chi connectivity index (χ1n) is 4.99. The molecule has 4 nitrogen and oxygen atoms in total. The van der Waals surface area contributed by atoms with E-state index in [4.69, 9.17) is 10.2 Å². The van der Waals surface area contributed by atoms with Gasteiger partial charge in [-0.25, -0.2) is 0 Å². The summed E-state index contributed by atoms with van der Waals surface area (Å²) in [5.41, 5.74) is 5.51. The Hall–Kier alpha value is -1.00. The zero-order valence-electron chi connectivity index (χ0n) is 8.57. The number of likely N-dealkylation sites (N-methyl/N-ethyl adjacent to an activating group) is 1. The zero-order valence-corrected chi connectivity index (χ0v) is 8.57. The molecule has 1 aromatic heterocycles. The number of nitrogen functional groups attached to an aromatic ring is 1. The molecule has 1 aromatic rings. The van der Waals surface area contributed by atoms with E-state index in [2.05, 4.69) is 16.8 Å². The van der Waals surface area contributed by atoms with E-state index in [1.807, 2.05) is 12.1 Å². The summed E-state index contributed by atoms with van der Waals surface area (Å²) in [6, 6.07) is 3.76.